The quantitative estimate of drug-likeness (QED) is 0.458. The number of alkyl halides is 3. The lowest BCUT2D eigenvalue weighted by Crippen LogP contribution is -2.50. The number of aromatic nitrogens is 2. The van der Waals surface area contributed by atoms with Gasteiger partial charge in [-0.3, -0.25) is 4.79 Å². The Kier molecular flexibility index (Phi) is 7.69. The van der Waals surface area contributed by atoms with E-state index in [1.807, 2.05) is 30.3 Å². The van der Waals surface area contributed by atoms with E-state index in [0.717, 1.165) is 5.56 Å². The van der Waals surface area contributed by atoms with E-state index in [-0.39, 0.29) is 44.8 Å². The molecule has 0 bridgehead atoms. The number of aromatic amines is 1. The summed E-state index contributed by atoms with van der Waals surface area (Å²) >= 11 is 0. The van der Waals surface area contributed by atoms with Crippen molar-refractivity contribution in [1.29, 1.82) is 0 Å². The van der Waals surface area contributed by atoms with Crippen LogP contribution >= 0.6 is 0 Å². The number of nitrogens with two attached hydrogens (primary N) is 1. The lowest BCUT2D eigenvalue weighted by atomic mass is 9.96. The zero-order valence-electron chi connectivity index (χ0n) is 17.2. The van der Waals surface area contributed by atoms with Crippen molar-refractivity contribution in [1.82, 2.24) is 20.4 Å². The second-order valence-corrected chi connectivity index (χ2v) is 7.93. The molecule has 0 aliphatic carbocycles. The van der Waals surface area contributed by atoms with Gasteiger partial charge in [-0.05, 0) is 37.9 Å². The van der Waals surface area contributed by atoms with Crippen molar-refractivity contribution in [3.8, 4) is 0 Å². The van der Waals surface area contributed by atoms with E-state index < -0.39 is 41.9 Å². The molecular weight excluding hydrogens is 431 g/mol. The highest BCUT2D eigenvalue weighted by atomic mass is 19.4. The van der Waals surface area contributed by atoms with Crippen LogP contribution in [0.3, 0.4) is 0 Å². The average molecular weight is 457 g/mol. The number of carbonyl (C=O) groups excluding carboxylic acids is 1. The summed E-state index contributed by atoms with van der Waals surface area (Å²) in [6.07, 6.45) is -5.69. The molecule has 1 saturated heterocycles. The fourth-order valence-corrected chi connectivity index (χ4v) is 3.73. The van der Waals surface area contributed by atoms with Gasteiger partial charge >= 0.3 is 11.9 Å². The van der Waals surface area contributed by atoms with Gasteiger partial charge in [-0.15, -0.1) is 5.10 Å². The highest BCUT2D eigenvalue weighted by Gasteiger charge is 2.41. The maximum atomic E-state index is 12.9. The second-order valence-electron chi connectivity index (χ2n) is 7.93. The molecular formula is C20H26F3N5O4. The number of benzene rings is 1. The van der Waals surface area contributed by atoms with Crippen LogP contribution < -0.4 is 16.8 Å². The van der Waals surface area contributed by atoms with Crippen LogP contribution in [0.4, 0.5) is 13.2 Å². The molecule has 1 aromatic heterocycles. The first kappa shape index (κ1) is 24.0. The Balaban J connectivity index is 1.63. The molecule has 0 radical (unpaired) electrons. The zero-order valence-corrected chi connectivity index (χ0v) is 17.2. The van der Waals surface area contributed by atoms with Gasteiger partial charge in [0.2, 0.25) is 5.89 Å². The van der Waals surface area contributed by atoms with Crippen LogP contribution in [-0.4, -0.2) is 64.1 Å². The molecule has 0 unspecified atom stereocenters. The van der Waals surface area contributed by atoms with Gasteiger partial charge < -0.3 is 25.5 Å². The first-order chi connectivity index (χ1) is 15.1. The number of carbonyl (C=O) groups is 1. The van der Waals surface area contributed by atoms with Crippen LogP contribution in [0.15, 0.2) is 39.5 Å². The molecule has 176 valence electrons. The number of halogens is 3. The summed E-state index contributed by atoms with van der Waals surface area (Å²) in [5.41, 5.74) is 6.83. The summed E-state index contributed by atoms with van der Waals surface area (Å²) in [7, 11) is 0. The predicted molar refractivity (Wildman–Crippen MR) is 107 cm³/mol. The van der Waals surface area contributed by atoms with E-state index >= 15 is 0 Å². The van der Waals surface area contributed by atoms with Crippen molar-refractivity contribution in [2.75, 3.05) is 19.6 Å². The Hall–Kier alpha value is -2.70. The normalized spacial score (nSPS) is 18.8. The molecule has 1 aromatic carbocycles. The van der Waals surface area contributed by atoms with E-state index in [1.165, 1.54) is 0 Å². The average Bonchev–Trinajstić information content (AvgIpc) is 3.19. The van der Waals surface area contributed by atoms with Gasteiger partial charge in [0.1, 0.15) is 12.1 Å². The Morgan fingerprint density at radius 1 is 1.31 bits per heavy atom. The number of nitrogens with one attached hydrogen (secondary N) is 2. The molecule has 0 spiro atoms. The molecule has 12 heteroatoms. The molecule has 2 aromatic rings. The van der Waals surface area contributed by atoms with Gasteiger partial charge in [-0.25, -0.2) is 9.89 Å². The van der Waals surface area contributed by atoms with Crippen LogP contribution in [0.5, 0.6) is 0 Å². The van der Waals surface area contributed by atoms with Crippen molar-refractivity contribution in [3.05, 3.63) is 52.3 Å². The van der Waals surface area contributed by atoms with E-state index in [9.17, 15) is 27.9 Å². The number of aliphatic hydroxyl groups excluding tert-OH is 1. The van der Waals surface area contributed by atoms with Crippen molar-refractivity contribution in [3.63, 3.8) is 0 Å². The number of hydrogen-bond donors (Lipinski definition) is 4. The van der Waals surface area contributed by atoms with Crippen molar-refractivity contribution in [2.24, 2.45) is 11.7 Å². The van der Waals surface area contributed by atoms with Crippen LogP contribution in [0.1, 0.15) is 30.3 Å². The first-order valence-electron chi connectivity index (χ1n) is 10.3. The minimum atomic E-state index is -4.24. The fraction of sp³-hybridized carbons (Fsp3) is 0.550. The smallest absolute Gasteiger partial charge is 0.390 e. The van der Waals surface area contributed by atoms with Crippen LogP contribution in [-0.2, 0) is 11.2 Å². The summed E-state index contributed by atoms with van der Waals surface area (Å²) in [4.78, 5) is 25.7. The third-order valence-electron chi connectivity index (χ3n) is 5.55. The molecule has 0 saturated carbocycles. The Morgan fingerprint density at radius 3 is 2.53 bits per heavy atom. The molecule has 2 heterocycles. The predicted octanol–water partition coefficient (Wildman–Crippen LogP) is 0.725. The van der Waals surface area contributed by atoms with Gasteiger partial charge in [-0.2, -0.15) is 13.2 Å². The molecule has 9 nitrogen and oxygen atoms in total. The van der Waals surface area contributed by atoms with Crippen molar-refractivity contribution in [2.45, 2.75) is 43.6 Å². The van der Waals surface area contributed by atoms with Crippen LogP contribution in [0, 0.1) is 5.92 Å². The molecule has 1 aliphatic heterocycles. The van der Waals surface area contributed by atoms with Crippen molar-refractivity contribution >= 4 is 5.91 Å². The molecule has 1 amide bonds. The molecule has 1 aliphatic rings. The van der Waals surface area contributed by atoms with Gasteiger partial charge in [0.05, 0.1) is 5.92 Å². The SMILES string of the molecule is N[C@H](Cc1ccccc1)[C@H](O)C(=O)N[C@@H](CN1CCC(C(F)(F)F)CC1)c1n[nH]c(=O)o1. The van der Waals surface area contributed by atoms with Gasteiger partial charge in [-0.1, -0.05) is 30.3 Å². The number of piperidine rings is 1. The lowest BCUT2D eigenvalue weighted by molar-refractivity contribution is -0.185. The van der Waals surface area contributed by atoms with E-state index in [4.69, 9.17) is 10.2 Å². The monoisotopic (exact) mass is 457 g/mol. The van der Waals surface area contributed by atoms with Gasteiger partial charge in [0.25, 0.3) is 5.91 Å². The third kappa shape index (κ3) is 6.40. The fourth-order valence-electron chi connectivity index (χ4n) is 3.73. The number of hydrogen-bond acceptors (Lipinski definition) is 7. The largest absolute Gasteiger partial charge is 0.434 e. The van der Waals surface area contributed by atoms with Gasteiger partial charge in [0, 0.05) is 12.6 Å². The third-order valence-corrected chi connectivity index (χ3v) is 5.55. The first-order valence-corrected chi connectivity index (χ1v) is 10.3. The number of H-pyrrole nitrogens is 1. The zero-order chi connectivity index (χ0) is 23.3. The number of amides is 1. The Bertz CT molecular complexity index is 925. The molecule has 3 rings (SSSR count). The van der Waals surface area contributed by atoms with E-state index in [0.29, 0.717) is 0 Å². The maximum Gasteiger partial charge on any atom is 0.434 e. The van der Waals surface area contributed by atoms with E-state index in [2.05, 4.69) is 15.5 Å². The Labute approximate surface area is 181 Å². The summed E-state index contributed by atoms with van der Waals surface area (Å²) < 4.78 is 43.7. The maximum absolute atomic E-state index is 12.9. The van der Waals surface area contributed by atoms with Crippen LogP contribution in [0.2, 0.25) is 0 Å². The number of aliphatic hydroxyl groups is 1. The molecule has 1 fully saturated rings. The van der Waals surface area contributed by atoms with Gasteiger partial charge in [0.15, 0.2) is 0 Å². The number of likely N-dealkylation sites (tertiary alicyclic amines) is 1. The minimum Gasteiger partial charge on any atom is -0.390 e. The molecule has 32 heavy (non-hydrogen) atoms. The molecule has 5 N–H and O–H groups in total. The summed E-state index contributed by atoms with van der Waals surface area (Å²) in [6, 6.07) is 7.23. The highest BCUT2D eigenvalue weighted by molar-refractivity contribution is 5.81. The Morgan fingerprint density at radius 2 is 1.97 bits per heavy atom. The number of rotatable bonds is 8. The topological polar surface area (TPSA) is 137 Å². The summed E-state index contributed by atoms with van der Waals surface area (Å²) in [5.74, 6) is -3.14. The summed E-state index contributed by atoms with van der Waals surface area (Å²) in [5, 5.41) is 18.8. The standard InChI is InChI=1S/C20H26F3N5O4/c21-20(22,23)13-6-8-28(9-7-13)11-15(18-26-27-19(31)32-18)25-17(30)16(29)14(24)10-12-4-2-1-3-5-12/h1-5,13-16,29H,6-11,24H2,(H,25,30)(H,27,31)/t14-,15+,16+/m1/s1. The second kappa shape index (κ2) is 10.3. The lowest BCUT2D eigenvalue weighted by Gasteiger charge is -2.34. The van der Waals surface area contributed by atoms with E-state index in [1.54, 1.807) is 4.90 Å². The summed E-state index contributed by atoms with van der Waals surface area (Å²) in [6.45, 7) is 0.368. The molecule has 3 atom stereocenters. The highest BCUT2D eigenvalue weighted by Crippen LogP contribution is 2.34. The van der Waals surface area contributed by atoms with Crippen molar-refractivity contribution < 1.29 is 27.5 Å². The number of nitrogens with zero attached hydrogens (tertiary/aromatic N) is 2. The minimum absolute atomic E-state index is 0.0603. The van der Waals surface area contributed by atoms with Crippen LogP contribution in [0.25, 0.3) is 0 Å².